The third kappa shape index (κ3) is 5.53. The maximum absolute atomic E-state index is 2.46. The maximum atomic E-state index is 2.46. The standard InChI is InChI=1S/C51H40N4/c1-51(2)47-35-43(54(37-17-5-3-6-18-37)41-23-15-21-39(33-41)52-29-11-12-30-52)27-28-46(47)50-45-26-10-9-25-44(45)49(36-48(50)51)55(38-19-7-4-8-20-38)42-24-16-22-40(34-42)53-31-13-14-32-53/h3-36H,1-2H3. The number of para-hydroxylation sites is 2. The van der Waals surface area contributed by atoms with Gasteiger partial charge in [-0.05, 0) is 131 Å². The SMILES string of the molecule is CC1(C)c2cc(N(c3ccccc3)c3cccc(-n4cccc4)c3)ccc2-c2c1cc(N(c1ccccc1)c1cccc(-n3cccc3)c1)c1ccccc21. The van der Waals surface area contributed by atoms with Crippen LogP contribution in [0.5, 0.6) is 0 Å². The minimum Gasteiger partial charge on any atom is -0.324 e. The molecule has 264 valence electrons. The summed E-state index contributed by atoms with van der Waals surface area (Å²) in [5, 5.41) is 2.48. The lowest BCUT2D eigenvalue weighted by atomic mass is 9.81. The summed E-state index contributed by atoms with van der Waals surface area (Å²) in [6, 6.07) is 65.8. The molecule has 0 atom stereocenters. The van der Waals surface area contributed by atoms with Gasteiger partial charge in [0.25, 0.3) is 0 Å². The van der Waals surface area contributed by atoms with Gasteiger partial charge in [-0.1, -0.05) is 92.7 Å². The molecule has 0 aliphatic heterocycles. The minimum absolute atomic E-state index is 0.274. The summed E-state index contributed by atoms with van der Waals surface area (Å²) < 4.78 is 4.33. The van der Waals surface area contributed by atoms with Crippen LogP contribution in [0.1, 0.15) is 25.0 Å². The summed E-state index contributed by atoms with van der Waals surface area (Å²) in [7, 11) is 0. The topological polar surface area (TPSA) is 16.3 Å². The molecule has 1 aliphatic carbocycles. The summed E-state index contributed by atoms with van der Waals surface area (Å²) in [5.41, 5.74) is 14.0. The molecule has 0 spiro atoms. The molecule has 55 heavy (non-hydrogen) atoms. The molecule has 7 aromatic carbocycles. The molecule has 0 amide bonds. The number of fused-ring (bicyclic) bond motifs is 5. The van der Waals surface area contributed by atoms with Crippen LogP contribution < -0.4 is 9.80 Å². The molecule has 0 saturated carbocycles. The number of nitrogens with zero attached hydrogens (tertiary/aromatic N) is 4. The van der Waals surface area contributed by atoms with E-state index >= 15 is 0 Å². The van der Waals surface area contributed by atoms with Gasteiger partial charge in [0.2, 0.25) is 0 Å². The van der Waals surface area contributed by atoms with E-state index < -0.39 is 0 Å². The summed E-state index contributed by atoms with van der Waals surface area (Å²) in [6.07, 6.45) is 8.39. The molecule has 0 fully saturated rings. The van der Waals surface area contributed by atoms with E-state index in [0.29, 0.717) is 0 Å². The smallest absolute Gasteiger partial charge is 0.0543 e. The summed E-state index contributed by atoms with van der Waals surface area (Å²) in [6.45, 7) is 4.78. The van der Waals surface area contributed by atoms with Crippen molar-refractivity contribution in [3.05, 3.63) is 218 Å². The van der Waals surface area contributed by atoms with Gasteiger partial charge < -0.3 is 18.9 Å². The van der Waals surface area contributed by atoms with Crippen LogP contribution in [-0.4, -0.2) is 9.13 Å². The molecular formula is C51H40N4. The maximum Gasteiger partial charge on any atom is 0.0543 e. The van der Waals surface area contributed by atoms with Gasteiger partial charge in [-0.2, -0.15) is 0 Å². The molecule has 0 unspecified atom stereocenters. The predicted molar refractivity (Wildman–Crippen MR) is 230 cm³/mol. The van der Waals surface area contributed by atoms with Crippen molar-refractivity contribution in [1.29, 1.82) is 0 Å². The first-order valence-electron chi connectivity index (χ1n) is 18.9. The number of hydrogen-bond donors (Lipinski definition) is 0. The van der Waals surface area contributed by atoms with Gasteiger partial charge in [-0.15, -0.1) is 0 Å². The quantitative estimate of drug-likeness (QED) is 0.156. The normalized spacial score (nSPS) is 12.7. The number of rotatable bonds is 8. The molecule has 0 radical (unpaired) electrons. The molecule has 2 heterocycles. The van der Waals surface area contributed by atoms with Crippen LogP contribution in [0.15, 0.2) is 207 Å². The van der Waals surface area contributed by atoms with Crippen LogP contribution >= 0.6 is 0 Å². The van der Waals surface area contributed by atoms with Crippen molar-refractivity contribution >= 4 is 44.9 Å². The Morgan fingerprint density at radius 2 is 0.873 bits per heavy atom. The Kier molecular flexibility index (Phi) is 7.77. The van der Waals surface area contributed by atoms with Gasteiger partial charge in [-0.3, -0.25) is 0 Å². The molecule has 9 aromatic rings. The lowest BCUT2D eigenvalue weighted by molar-refractivity contribution is 0.661. The third-order valence-corrected chi connectivity index (χ3v) is 11.2. The molecule has 2 aromatic heterocycles. The van der Waals surface area contributed by atoms with Gasteiger partial charge in [0, 0.05) is 75.4 Å². The largest absolute Gasteiger partial charge is 0.324 e. The molecule has 4 nitrogen and oxygen atoms in total. The Morgan fingerprint density at radius 3 is 1.47 bits per heavy atom. The zero-order valence-corrected chi connectivity index (χ0v) is 30.9. The monoisotopic (exact) mass is 708 g/mol. The average molecular weight is 709 g/mol. The van der Waals surface area contributed by atoms with Crippen molar-refractivity contribution in [1.82, 2.24) is 9.13 Å². The third-order valence-electron chi connectivity index (χ3n) is 11.2. The fourth-order valence-electron chi connectivity index (χ4n) is 8.50. The first-order chi connectivity index (χ1) is 27.0. The second kappa shape index (κ2) is 13.1. The second-order valence-electron chi connectivity index (χ2n) is 14.8. The van der Waals surface area contributed by atoms with E-state index in [1.807, 2.05) is 0 Å². The van der Waals surface area contributed by atoms with E-state index in [-0.39, 0.29) is 5.41 Å². The molecule has 0 bridgehead atoms. The van der Waals surface area contributed by atoms with Gasteiger partial charge in [-0.25, -0.2) is 0 Å². The van der Waals surface area contributed by atoms with Crippen LogP contribution in [0.3, 0.4) is 0 Å². The van der Waals surface area contributed by atoms with Crippen molar-refractivity contribution in [3.8, 4) is 22.5 Å². The number of anilines is 6. The summed E-state index contributed by atoms with van der Waals surface area (Å²) >= 11 is 0. The minimum atomic E-state index is -0.274. The highest BCUT2D eigenvalue weighted by Gasteiger charge is 2.38. The van der Waals surface area contributed by atoms with Crippen molar-refractivity contribution in [2.45, 2.75) is 19.3 Å². The molecular weight excluding hydrogens is 669 g/mol. The van der Waals surface area contributed by atoms with E-state index in [2.05, 4.69) is 240 Å². The van der Waals surface area contributed by atoms with Gasteiger partial charge in [0.05, 0.1) is 5.69 Å². The van der Waals surface area contributed by atoms with Crippen molar-refractivity contribution in [2.75, 3.05) is 9.80 Å². The second-order valence-corrected chi connectivity index (χ2v) is 14.8. The average Bonchev–Trinajstić information content (AvgIpc) is 4.02. The Balaban J connectivity index is 1.15. The van der Waals surface area contributed by atoms with E-state index in [4.69, 9.17) is 0 Å². The molecule has 0 saturated heterocycles. The van der Waals surface area contributed by atoms with E-state index in [1.165, 1.54) is 38.7 Å². The predicted octanol–water partition coefficient (Wildman–Crippen LogP) is 13.7. The summed E-state index contributed by atoms with van der Waals surface area (Å²) in [4.78, 5) is 4.81. The molecule has 10 rings (SSSR count). The van der Waals surface area contributed by atoms with Crippen molar-refractivity contribution in [2.24, 2.45) is 0 Å². The first-order valence-corrected chi connectivity index (χ1v) is 18.9. The molecule has 1 aliphatic rings. The van der Waals surface area contributed by atoms with Crippen LogP contribution in [0.2, 0.25) is 0 Å². The van der Waals surface area contributed by atoms with Gasteiger partial charge >= 0.3 is 0 Å². The molecule has 0 N–H and O–H groups in total. The number of aromatic nitrogens is 2. The lowest BCUT2D eigenvalue weighted by Crippen LogP contribution is -2.18. The Bertz CT molecular complexity index is 2780. The van der Waals surface area contributed by atoms with Gasteiger partial charge in [0.1, 0.15) is 0 Å². The van der Waals surface area contributed by atoms with Crippen LogP contribution in [0.4, 0.5) is 34.1 Å². The first kappa shape index (κ1) is 32.6. The van der Waals surface area contributed by atoms with Crippen LogP contribution in [0, 0.1) is 0 Å². The fourth-order valence-corrected chi connectivity index (χ4v) is 8.50. The number of hydrogen-bond acceptors (Lipinski definition) is 2. The Morgan fingerprint density at radius 1 is 0.382 bits per heavy atom. The highest BCUT2D eigenvalue weighted by atomic mass is 15.2. The van der Waals surface area contributed by atoms with Crippen LogP contribution in [0.25, 0.3) is 33.3 Å². The zero-order chi connectivity index (χ0) is 36.9. The summed E-state index contributed by atoms with van der Waals surface area (Å²) in [5.74, 6) is 0. The number of benzene rings is 7. The Hall–Kier alpha value is -7.04. The lowest BCUT2D eigenvalue weighted by Gasteiger charge is -2.30. The van der Waals surface area contributed by atoms with Crippen molar-refractivity contribution < 1.29 is 0 Å². The Labute approximate surface area is 322 Å². The van der Waals surface area contributed by atoms with Gasteiger partial charge in [0.15, 0.2) is 0 Å². The zero-order valence-electron chi connectivity index (χ0n) is 30.9. The molecule has 4 heteroatoms. The fraction of sp³-hybridized carbons (Fsp3) is 0.0588. The highest BCUT2D eigenvalue weighted by molar-refractivity contribution is 6.10. The van der Waals surface area contributed by atoms with Crippen LogP contribution in [-0.2, 0) is 5.41 Å². The van der Waals surface area contributed by atoms with Crippen molar-refractivity contribution in [3.63, 3.8) is 0 Å². The van der Waals surface area contributed by atoms with E-state index in [1.54, 1.807) is 0 Å². The van der Waals surface area contributed by atoms with E-state index in [0.717, 1.165) is 39.8 Å². The van der Waals surface area contributed by atoms with E-state index in [9.17, 15) is 0 Å². The highest BCUT2D eigenvalue weighted by Crippen LogP contribution is 2.55.